The quantitative estimate of drug-likeness (QED) is 0.724. The van der Waals surface area contributed by atoms with Crippen LogP contribution in [0.15, 0.2) is 66.9 Å². The van der Waals surface area contributed by atoms with Gasteiger partial charge in [-0.25, -0.2) is 9.37 Å². The summed E-state index contributed by atoms with van der Waals surface area (Å²) in [6, 6.07) is 17.6. The number of benzene rings is 2. The minimum Gasteiger partial charge on any atom is -0.338 e. The maximum atomic E-state index is 13.6. The second-order valence-corrected chi connectivity index (χ2v) is 5.75. The summed E-state index contributed by atoms with van der Waals surface area (Å²) >= 11 is 0. The first-order chi connectivity index (χ1) is 12.1. The molecule has 0 aliphatic rings. The lowest BCUT2D eigenvalue weighted by atomic mass is 10.1. The van der Waals surface area contributed by atoms with E-state index < -0.39 is 0 Å². The predicted octanol–water partition coefficient (Wildman–Crippen LogP) is 4.45. The number of aromatic nitrogens is 1. The molecule has 3 rings (SSSR count). The second-order valence-electron chi connectivity index (χ2n) is 5.75. The second kappa shape index (κ2) is 7.57. The number of aryl methyl sites for hydroxylation is 1. The van der Waals surface area contributed by atoms with E-state index in [0.717, 1.165) is 11.1 Å². The summed E-state index contributed by atoms with van der Waals surface area (Å²) in [6.45, 7) is 1.99. The van der Waals surface area contributed by atoms with Crippen molar-refractivity contribution >= 4 is 23.1 Å². The highest BCUT2D eigenvalue weighted by Crippen LogP contribution is 2.19. The third-order valence-electron chi connectivity index (χ3n) is 3.63. The Labute approximate surface area is 145 Å². The Balaban J connectivity index is 1.60. The molecule has 0 aliphatic carbocycles. The van der Waals surface area contributed by atoms with E-state index in [1.807, 2.05) is 31.2 Å². The van der Waals surface area contributed by atoms with Crippen LogP contribution >= 0.6 is 0 Å². The normalized spacial score (nSPS) is 10.3. The van der Waals surface area contributed by atoms with Crippen LogP contribution in [0.3, 0.4) is 0 Å². The Morgan fingerprint density at radius 2 is 1.92 bits per heavy atom. The maximum Gasteiger partial charge on any atom is 0.228 e. The molecule has 0 saturated heterocycles. The fraction of sp³-hybridized carbons (Fsp3) is 0.100. The van der Waals surface area contributed by atoms with Crippen LogP contribution in [0.4, 0.5) is 21.6 Å². The molecule has 25 heavy (non-hydrogen) atoms. The Bertz CT molecular complexity index is 878. The van der Waals surface area contributed by atoms with Crippen molar-refractivity contribution in [3.8, 4) is 0 Å². The van der Waals surface area contributed by atoms with E-state index in [0.29, 0.717) is 23.6 Å². The van der Waals surface area contributed by atoms with Gasteiger partial charge in [-0.3, -0.25) is 4.79 Å². The zero-order valence-electron chi connectivity index (χ0n) is 13.8. The molecule has 2 N–H and O–H groups in total. The van der Waals surface area contributed by atoms with Crippen molar-refractivity contribution in [1.82, 2.24) is 4.98 Å². The molecule has 0 atom stereocenters. The molecule has 126 valence electrons. The molecule has 1 heterocycles. The highest BCUT2D eigenvalue weighted by atomic mass is 19.1. The predicted molar refractivity (Wildman–Crippen MR) is 97.4 cm³/mol. The molecular weight excluding hydrogens is 317 g/mol. The lowest BCUT2D eigenvalue weighted by Crippen LogP contribution is -2.14. The lowest BCUT2D eigenvalue weighted by molar-refractivity contribution is -0.115. The lowest BCUT2D eigenvalue weighted by Gasteiger charge is -2.09. The van der Waals surface area contributed by atoms with Crippen LogP contribution in [0.1, 0.15) is 11.1 Å². The van der Waals surface area contributed by atoms with Gasteiger partial charge in [-0.15, -0.1) is 0 Å². The number of para-hydroxylation sites is 1. The van der Waals surface area contributed by atoms with Gasteiger partial charge in [0.1, 0.15) is 11.6 Å². The number of amides is 1. The molecule has 3 aromatic rings. The average Bonchev–Trinajstić information content (AvgIpc) is 2.58. The summed E-state index contributed by atoms with van der Waals surface area (Å²) < 4.78 is 13.6. The van der Waals surface area contributed by atoms with Gasteiger partial charge in [0, 0.05) is 0 Å². The minimum absolute atomic E-state index is 0.109. The Morgan fingerprint density at radius 3 is 2.64 bits per heavy atom. The van der Waals surface area contributed by atoms with Crippen molar-refractivity contribution < 1.29 is 9.18 Å². The number of hydrogen-bond donors (Lipinski definition) is 2. The first-order valence-electron chi connectivity index (χ1n) is 7.93. The zero-order valence-corrected chi connectivity index (χ0v) is 13.8. The topological polar surface area (TPSA) is 54.0 Å². The fourth-order valence-corrected chi connectivity index (χ4v) is 2.45. The molecule has 0 fully saturated rings. The number of pyridine rings is 1. The van der Waals surface area contributed by atoms with Gasteiger partial charge < -0.3 is 10.6 Å². The number of carbonyl (C=O) groups is 1. The molecule has 1 amide bonds. The van der Waals surface area contributed by atoms with Crippen LogP contribution in [0.5, 0.6) is 0 Å². The van der Waals surface area contributed by atoms with Gasteiger partial charge in [-0.1, -0.05) is 42.0 Å². The molecular formula is C20H18FN3O. The summed E-state index contributed by atoms with van der Waals surface area (Å²) in [5.74, 6) is 0.0452. The molecule has 0 unspecified atom stereocenters. The van der Waals surface area contributed by atoms with Crippen molar-refractivity contribution in [2.24, 2.45) is 0 Å². The Kier molecular flexibility index (Phi) is 5.04. The maximum absolute atomic E-state index is 13.6. The standard InChI is InChI=1S/C20H18FN3O/c1-14-5-4-6-15(11-14)12-20(25)23-16-9-10-19(22-13-16)24-18-8-3-2-7-17(18)21/h2-11,13H,12H2,1H3,(H,22,24)(H,23,25). The van der Waals surface area contributed by atoms with Gasteiger partial charge in [0.25, 0.3) is 0 Å². The molecule has 2 aromatic carbocycles. The summed E-state index contributed by atoms with van der Waals surface area (Å²) in [4.78, 5) is 16.3. The van der Waals surface area contributed by atoms with Crippen LogP contribution in [-0.2, 0) is 11.2 Å². The van der Waals surface area contributed by atoms with Crippen LogP contribution in [-0.4, -0.2) is 10.9 Å². The molecule has 5 heteroatoms. The van der Waals surface area contributed by atoms with Gasteiger partial charge in [0.2, 0.25) is 5.91 Å². The molecule has 0 spiro atoms. The van der Waals surface area contributed by atoms with E-state index in [1.165, 1.54) is 12.3 Å². The van der Waals surface area contributed by atoms with Gasteiger partial charge in [-0.05, 0) is 36.8 Å². The third-order valence-corrected chi connectivity index (χ3v) is 3.63. The molecule has 0 radical (unpaired) electrons. The molecule has 1 aromatic heterocycles. The number of nitrogens with one attached hydrogen (secondary N) is 2. The number of nitrogens with zero attached hydrogens (tertiary/aromatic N) is 1. The van der Waals surface area contributed by atoms with Crippen molar-refractivity contribution in [1.29, 1.82) is 0 Å². The Hall–Kier alpha value is -3.21. The summed E-state index contributed by atoms with van der Waals surface area (Å²) in [7, 11) is 0. The first-order valence-corrected chi connectivity index (χ1v) is 7.93. The van der Waals surface area contributed by atoms with Gasteiger partial charge in [0.05, 0.1) is 24.0 Å². The van der Waals surface area contributed by atoms with Crippen LogP contribution < -0.4 is 10.6 Å². The van der Waals surface area contributed by atoms with E-state index in [-0.39, 0.29) is 11.7 Å². The highest BCUT2D eigenvalue weighted by Gasteiger charge is 2.06. The number of hydrogen-bond acceptors (Lipinski definition) is 3. The molecule has 4 nitrogen and oxygen atoms in total. The molecule has 0 bridgehead atoms. The summed E-state index contributed by atoms with van der Waals surface area (Å²) in [5, 5.41) is 5.71. The third kappa shape index (κ3) is 4.64. The van der Waals surface area contributed by atoms with E-state index in [4.69, 9.17) is 0 Å². The SMILES string of the molecule is Cc1cccc(CC(=O)Nc2ccc(Nc3ccccc3F)nc2)c1. The van der Waals surface area contributed by atoms with Crippen molar-refractivity contribution in [2.75, 3.05) is 10.6 Å². The van der Waals surface area contributed by atoms with Crippen LogP contribution in [0.25, 0.3) is 0 Å². The number of rotatable bonds is 5. The number of anilines is 3. The van der Waals surface area contributed by atoms with E-state index in [2.05, 4.69) is 15.6 Å². The van der Waals surface area contributed by atoms with Crippen molar-refractivity contribution in [3.05, 3.63) is 83.8 Å². The summed E-state index contributed by atoms with van der Waals surface area (Å²) in [6.07, 6.45) is 1.84. The minimum atomic E-state index is -0.347. The Morgan fingerprint density at radius 1 is 1.08 bits per heavy atom. The molecule has 0 saturated carbocycles. The largest absolute Gasteiger partial charge is 0.338 e. The van der Waals surface area contributed by atoms with Gasteiger partial charge >= 0.3 is 0 Å². The highest BCUT2D eigenvalue weighted by molar-refractivity contribution is 5.92. The number of carbonyl (C=O) groups excluding carboxylic acids is 1. The van der Waals surface area contributed by atoms with Crippen LogP contribution in [0, 0.1) is 12.7 Å². The van der Waals surface area contributed by atoms with Gasteiger partial charge in [0.15, 0.2) is 0 Å². The van der Waals surface area contributed by atoms with E-state index >= 15 is 0 Å². The van der Waals surface area contributed by atoms with Gasteiger partial charge in [-0.2, -0.15) is 0 Å². The monoisotopic (exact) mass is 335 g/mol. The first kappa shape index (κ1) is 16.6. The van der Waals surface area contributed by atoms with Crippen molar-refractivity contribution in [2.45, 2.75) is 13.3 Å². The fourth-order valence-electron chi connectivity index (χ4n) is 2.45. The smallest absolute Gasteiger partial charge is 0.228 e. The van der Waals surface area contributed by atoms with Crippen LogP contribution in [0.2, 0.25) is 0 Å². The average molecular weight is 335 g/mol. The van der Waals surface area contributed by atoms with E-state index in [9.17, 15) is 9.18 Å². The number of halogens is 1. The molecule has 0 aliphatic heterocycles. The summed E-state index contributed by atoms with van der Waals surface area (Å²) in [5.41, 5.74) is 3.03. The van der Waals surface area contributed by atoms with E-state index in [1.54, 1.807) is 30.3 Å². The zero-order chi connectivity index (χ0) is 17.6. The van der Waals surface area contributed by atoms with Crippen molar-refractivity contribution in [3.63, 3.8) is 0 Å².